The summed E-state index contributed by atoms with van der Waals surface area (Å²) < 4.78 is 50.1. The van der Waals surface area contributed by atoms with Crippen molar-refractivity contribution < 1.29 is 17.6 Å². The average Bonchev–Trinajstić information content (AvgIpc) is 3.16. The van der Waals surface area contributed by atoms with Gasteiger partial charge in [-0.05, 0) is 36.6 Å². The number of nitrogens with one attached hydrogen (secondary N) is 1. The van der Waals surface area contributed by atoms with Gasteiger partial charge in [0, 0.05) is 31.9 Å². The molecule has 0 unspecified atom stereocenters. The lowest BCUT2D eigenvalue weighted by Crippen LogP contribution is -2.24. The molecular weight excluding hydrogens is 272 g/mol. The summed E-state index contributed by atoms with van der Waals surface area (Å²) >= 11 is 0. The fraction of sp³-hybridized carbons (Fsp3) is 0.571. The summed E-state index contributed by atoms with van der Waals surface area (Å²) in [6, 6.07) is 4.91. The van der Waals surface area contributed by atoms with Crippen molar-refractivity contribution in [1.82, 2.24) is 5.32 Å². The van der Waals surface area contributed by atoms with Crippen LogP contribution in [0.2, 0.25) is 0 Å². The molecule has 0 aliphatic heterocycles. The second-order valence-electron chi connectivity index (χ2n) is 5.26. The van der Waals surface area contributed by atoms with Gasteiger partial charge in [0.05, 0.1) is 6.42 Å². The molecule has 20 heavy (non-hydrogen) atoms. The van der Waals surface area contributed by atoms with Gasteiger partial charge in [0.15, 0.2) is 0 Å². The highest BCUT2D eigenvalue weighted by Gasteiger charge is 2.27. The van der Waals surface area contributed by atoms with Gasteiger partial charge in [-0.25, -0.2) is 4.39 Å². The van der Waals surface area contributed by atoms with E-state index in [9.17, 15) is 17.6 Å². The summed E-state index contributed by atoms with van der Waals surface area (Å²) in [5.74, 6) is -0.422. The molecule has 0 atom stereocenters. The van der Waals surface area contributed by atoms with Crippen LogP contribution in [0.15, 0.2) is 18.2 Å². The third-order valence-corrected chi connectivity index (χ3v) is 3.29. The van der Waals surface area contributed by atoms with Crippen LogP contribution in [-0.2, 0) is 6.54 Å². The Labute approximate surface area is 115 Å². The van der Waals surface area contributed by atoms with Crippen LogP contribution in [-0.4, -0.2) is 25.8 Å². The Balaban J connectivity index is 1.98. The van der Waals surface area contributed by atoms with Crippen molar-refractivity contribution in [3.05, 3.63) is 29.6 Å². The predicted molar refractivity (Wildman–Crippen MR) is 70.2 cm³/mol. The topological polar surface area (TPSA) is 15.3 Å². The standard InChI is InChI=1S/C14H18F4N2/c1-20(5-4-14(16,17)18)13-7-10(6-11(15)8-13)9-19-12-2-3-12/h6-8,12,19H,2-5,9H2,1H3. The Morgan fingerprint density at radius 1 is 1.25 bits per heavy atom. The van der Waals surface area contributed by atoms with Gasteiger partial charge in [-0.2, -0.15) is 13.2 Å². The van der Waals surface area contributed by atoms with Crippen LogP contribution < -0.4 is 10.2 Å². The second-order valence-corrected chi connectivity index (χ2v) is 5.26. The Morgan fingerprint density at radius 2 is 1.95 bits per heavy atom. The predicted octanol–water partition coefficient (Wildman–Crippen LogP) is 3.47. The smallest absolute Gasteiger partial charge is 0.374 e. The normalized spacial score (nSPS) is 15.4. The van der Waals surface area contributed by atoms with Gasteiger partial charge in [0.25, 0.3) is 0 Å². The molecule has 0 bridgehead atoms. The zero-order valence-corrected chi connectivity index (χ0v) is 11.3. The molecule has 1 aliphatic rings. The molecule has 112 valence electrons. The van der Waals surface area contributed by atoms with Crippen LogP contribution in [0.4, 0.5) is 23.2 Å². The molecule has 1 aromatic rings. The molecule has 2 rings (SSSR count). The Morgan fingerprint density at radius 3 is 2.55 bits per heavy atom. The summed E-state index contributed by atoms with van der Waals surface area (Å²) in [5.41, 5.74) is 1.23. The van der Waals surface area contributed by atoms with Crippen molar-refractivity contribution in [1.29, 1.82) is 0 Å². The van der Waals surface area contributed by atoms with Crippen LogP contribution in [0.3, 0.4) is 0 Å². The van der Waals surface area contributed by atoms with Gasteiger partial charge in [-0.15, -0.1) is 0 Å². The molecule has 1 N–H and O–H groups in total. The van der Waals surface area contributed by atoms with E-state index in [0.29, 0.717) is 18.3 Å². The average molecular weight is 290 g/mol. The minimum atomic E-state index is -4.20. The molecule has 1 aliphatic carbocycles. The minimum Gasteiger partial charge on any atom is -0.374 e. The molecule has 0 spiro atoms. The fourth-order valence-corrected chi connectivity index (χ4v) is 1.93. The van der Waals surface area contributed by atoms with E-state index in [1.54, 1.807) is 13.1 Å². The van der Waals surface area contributed by atoms with Crippen molar-refractivity contribution in [2.75, 3.05) is 18.5 Å². The van der Waals surface area contributed by atoms with Crippen molar-refractivity contribution in [2.24, 2.45) is 0 Å². The summed E-state index contributed by atoms with van der Waals surface area (Å²) in [4.78, 5) is 1.43. The van der Waals surface area contributed by atoms with E-state index in [2.05, 4.69) is 5.32 Å². The number of benzene rings is 1. The minimum absolute atomic E-state index is 0.178. The van der Waals surface area contributed by atoms with Gasteiger partial charge < -0.3 is 10.2 Å². The first kappa shape index (κ1) is 15.1. The van der Waals surface area contributed by atoms with Gasteiger partial charge in [-0.3, -0.25) is 0 Å². The van der Waals surface area contributed by atoms with E-state index in [0.717, 1.165) is 18.4 Å². The lowest BCUT2D eigenvalue weighted by molar-refractivity contribution is -0.132. The van der Waals surface area contributed by atoms with E-state index < -0.39 is 18.4 Å². The highest BCUT2D eigenvalue weighted by Crippen LogP contribution is 2.24. The summed E-state index contributed by atoms with van der Waals surface area (Å²) in [6.07, 6.45) is -2.84. The van der Waals surface area contributed by atoms with Crippen molar-refractivity contribution in [3.63, 3.8) is 0 Å². The molecule has 6 heteroatoms. The quantitative estimate of drug-likeness (QED) is 0.807. The summed E-state index contributed by atoms with van der Waals surface area (Å²) in [5, 5.41) is 3.26. The number of nitrogens with zero attached hydrogens (tertiary/aromatic N) is 1. The summed E-state index contributed by atoms with van der Waals surface area (Å²) in [7, 11) is 1.54. The molecule has 1 fully saturated rings. The molecule has 2 nitrogen and oxygen atoms in total. The molecule has 0 saturated heterocycles. The molecular formula is C14H18F4N2. The zero-order valence-electron chi connectivity index (χ0n) is 11.3. The van der Waals surface area contributed by atoms with Crippen molar-refractivity contribution in [2.45, 2.75) is 38.0 Å². The largest absolute Gasteiger partial charge is 0.390 e. The highest BCUT2D eigenvalue weighted by molar-refractivity contribution is 5.48. The maximum absolute atomic E-state index is 13.5. The van der Waals surface area contributed by atoms with Gasteiger partial charge in [-0.1, -0.05) is 0 Å². The molecule has 0 heterocycles. The van der Waals surface area contributed by atoms with Crippen molar-refractivity contribution in [3.8, 4) is 0 Å². The second kappa shape index (κ2) is 5.99. The van der Waals surface area contributed by atoms with Crippen LogP contribution >= 0.6 is 0 Å². The SMILES string of the molecule is CN(CCC(F)(F)F)c1cc(F)cc(CNC2CC2)c1. The monoisotopic (exact) mass is 290 g/mol. The maximum atomic E-state index is 13.5. The Kier molecular flexibility index (Phi) is 4.52. The first-order valence-electron chi connectivity index (χ1n) is 6.64. The van der Waals surface area contributed by atoms with Crippen LogP contribution in [0.5, 0.6) is 0 Å². The first-order chi connectivity index (χ1) is 9.33. The number of rotatable bonds is 6. The van der Waals surface area contributed by atoms with E-state index >= 15 is 0 Å². The lowest BCUT2D eigenvalue weighted by atomic mass is 10.1. The molecule has 1 saturated carbocycles. The number of hydrogen-bond donors (Lipinski definition) is 1. The van der Waals surface area contributed by atoms with Gasteiger partial charge >= 0.3 is 6.18 Å². The van der Waals surface area contributed by atoms with Gasteiger partial charge in [0.1, 0.15) is 5.82 Å². The van der Waals surface area contributed by atoms with Crippen LogP contribution in [0.25, 0.3) is 0 Å². The lowest BCUT2D eigenvalue weighted by Gasteiger charge is -2.21. The molecule has 1 aromatic carbocycles. The van der Waals surface area contributed by atoms with Crippen LogP contribution in [0.1, 0.15) is 24.8 Å². The number of halogens is 4. The van der Waals surface area contributed by atoms with E-state index in [4.69, 9.17) is 0 Å². The fourth-order valence-electron chi connectivity index (χ4n) is 1.93. The number of alkyl halides is 3. The zero-order chi connectivity index (χ0) is 14.8. The third kappa shape index (κ3) is 5.00. The van der Waals surface area contributed by atoms with Crippen molar-refractivity contribution >= 4 is 5.69 Å². The molecule has 0 radical (unpaired) electrons. The van der Waals surface area contributed by atoms with Crippen LogP contribution in [0, 0.1) is 5.82 Å². The van der Waals surface area contributed by atoms with E-state index in [-0.39, 0.29) is 6.54 Å². The molecule has 0 amide bonds. The first-order valence-corrected chi connectivity index (χ1v) is 6.64. The molecule has 0 aromatic heterocycles. The van der Waals surface area contributed by atoms with Gasteiger partial charge in [0.2, 0.25) is 0 Å². The van der Waals surface area contributed by atoms with E-state index in [1.807, 2.05) is 0 Å². The maximum Gasteiger partial charge on any atom is 0.390 e. The summed E-state index contributed by atoms with van der Waals surface area (Å²) in [6.45, 7) is 0.366. The third-order valence-electron chi connectivity index (χ3n) is 3.29. The van der Waals surface area contributed by atoms with E-state index in [1.165, 1.54) is 17.0 Å². The number of hydrogen-bond acceptors (Lipinski definition) is 2. The Hall–Kier alpha value is -1.30. The number of anilines is 1. The Bertz CT molecular complexity index is 455. The highest BCUT2D eigenvalue weighted by atomic mass is 19.4.